The molecule has 0 atom stereocenters. The van der Waals surface area contributed by atoms with Crippen LogP contribution in [-0.2, 0) is 19.6 Å². The summed E-state index contributed by atoms with van der Waals surface area (Å²) in [5.74, 6) is 0. The lowest BCUT2D eigenvalue weighted by Gasteiger charge is -2.39. The maximum Gasteiger partial charge on any atom is 0.105 e. The first-order valence-electron chi connectivity index (χ1n) is 14.9. The van der Waals surface area contributed by atoms with Gasteiger partial charge in [0.1, 0.15) is 19.6 Å². The van der Waals surface area contributed by atoms with Gasteiger partial charge in [0.2, 0.25) is 0 Å². The minimum atomic E-state index is 1.08. The van der Waals surface area contributed by atoms with Gasteiger partial charge >= 0.3 is 0 Å². The fourth-order valence-corrected chi connectivity index (χ4v) is 5.48. The van der Waals surface area contributed by atoms with Gasteiger partial charge in [0.25, 0.3) is 0 Å². The minimum Gasteiger partial charge on any atom is -0.312 e. The molecule has 0 aromatic heterocycles. The maximum absolute atomic E-state index is 2.41. The van der Waals surface area contributed by atoms with Crippen molar-refractivity contribution < 1.29 is 4.48 Å². The van der Waals surface area contributed by atoms with Crippen LogP contribution in [0.3, 0.4) is 0 Å². The Kier molecular flexibility index (Phi) is 13.9. The number of rotatable bonds is 19. The van der Waals surface area contributed by atoms with E-state index >= 15 is 0 Å². The highest BCUT2D eigenvalue weighted by molar-refractivity contribution is 5.17. The normalized spacial score (nSPS) is 11.8. The monoisotopic (exact) mass is 496 g/mol. The van der Waals surface area contributed by atoms with Gasteiger partial charge in [-0.25, -0.2) is 0 Å². The number of nitrogens with zero attached hydrogens (tertiary/aromatic N) is 1. The van der Waals surface area contributed by atoms with Crippen LogP contribution in [-0.4, -0.2) is 11.0 Å². The fraction of sp³-hybridized carbons (Fsp3) is 0.444. The molecule has 0 radical (unpaired) electrons. The zero-order valence-corrected chi connectivity index (χ0v) is 23.4. The number of quaternary nitrogens is 1. The molecule has 3 aromatic carbocycles. The van der Waals surface area contributed by atoms with Crippen LogP contribution >= 0.6 is 0 Å². The third-order valence-electron chi connectivity index (χ3n) is 7.48. The van der Waals surface area contributed by atoms with E-state index in [-0.39, 0.29) is 0 Å². The third-order valence-corrected chi connectivity index (χ3v) is 7.48. The average molecular weight is 497 g/mol. The molecule has 0 saturated heterocycles. The number of benzene rings is 3. The highest BCUT2D eigenvalue weighted by Gasteiger charge is 2.28. The summed E-state index contributed by atoms with van der Waals surface area (Å²) >= 11 is 0. The van der Waals surface area contributed by atoms with Crippen LogP contribution in [0.15, 0.2) is 103 Å². The van der Waals surface area contributed by atoms with Crippen molar-refractivity contribution in [3.8, 4) is 0 Å². The molecule has 37 heavy (non-hydrogen) atoms. The quantitative estimate of drug-likeness (QED) is 0.0879. The van der Waals surface area contributed by atoms with E-state index in [1.807, 2.05) is 0 Å². The molecule has 198 valence electrons. The van der Waals surface area contributed by atoms with E-state index in [4.69, 9.17) is 0 Å². The van der Waals surface area contributed by atoms with Crippen LogP contribution in [0.1, 0.15) is 94.2 Å². The van der Waals surface area contributed by atoms with Gasteiger partial charge in [-0.05, 0) is 38.5 Å². The Hall–Kier alpha value is -2.64. The highest BCUT2D eigenvalue weighted by Crippen LogP contribution is 2.26. The number of allylic oxidation sites excluding steroid dienone is 2. The molecular weight excluding hydrogens is 446 g/mol. The zero-order valence-electron chi connectivity index (χ0n) is 23.4. The molecule has 0 aliphatic heterocycles. The molecule has 1 nitrogen and oxygen atoms in total. The first kappa shape index (κ1) is 28.9. The molecule has 1 heteroatoms. The Morgan fingerprint density at radius 1 is 0.459 bits per heavy atom. The Labute approximate surface area is 227 Å². The summed E-state index contributed by atoms with van der Waals surface area (Å²) in [5.41, 5.74) is 4.33. The maximum atomic E-state index is 2.41. The van der Waals surface area contributed by atoms with Crippen LogP contribution in [0.25, 0.3) is 0 Å². The lowest BCUT2D eigenvalue weighted by Crippen LogP contribution is -2.46. The SMILES string of the molecule is CCCCC/C=C/CCCCCCCC[N+](Cc1ccccc1)(Cc1ccccc1)Cc1ccccc1. The van der Waals surface area contributed by atoms with Crippen molar-refractivity contribution in [2.75, 3.05) is 6.54 Å². The zero-order chi connectivity index (χ0) is 25.9. The van der Waals surface area contributed by atoms with Crippen LogP contribution in [0.4, 0.5) is 0 Å². The molecule has 0 heterocycles. The van der Waals surface area contributed by atoms with E-state index in [1.165, 1.54) is 93.9 Å². The second-order valence-corrected chi connectivity index (χ2v) is 10.9. The first-order chi connectivity index (χ1) is 18.3. The smallest absolute Gasteiger partial charge is 0.105 e. The van der Waals surface area contributed by atoms with Crippen LogP contribution in [0.5, 0.6) is 0 Å². The number of hydrogen-bond acceptors (Lipinski definition) is 0. The molecule has 3 rings (SSSR count). The number of unbranched alkanes of at least 4 members (excludes halogenated alkanes) is 9. The molecule has 0 N–H and O–H groups in total. The fourth-order valence-electron chi connectivity index (χ4n) is 5.48. The van der Waals surface area contributed by atoms with Crippen molar-refractivity contribution in [2.24, 2.45) is 0 Å². The minimum absolute atomic E-state index is 1.08. The second kappa shape index (κ2) is 17.8. The van der Waals surface area contributed by atoms with Gasteiger partial charge < -0.3 is 4.48 Å². The van der Waals surface area contributed by atoms with Crippen LogP contribution in [0.2, 0.25) is 0 Å². The molecule has 0 aliphatic carbocycles. The van der Waals surface area contributed by atoms with Crippen LogP contribution < -0.4 is 0 Å². The largest absolute Gasteiger partial charge is 0.312 e. The van der Waals surface area contributed by atoms with E-state index in [0.29, 0.717) is 0 Å². The first-order valence-corrected chi connectivity index (χ1v) is 14.9. The molecule has 0 aliphatic rings. The van der Waals surface area contributed by atoms with Crippen LogP contribution in [0, 0.1) is 0 Å². The van der Waals surface area contributed by atoms with Gasteiger partial charge in [0.05, 0.1) is 6.54 Å². The highest BCUT2D eigenvalue weighted by atomic mass is 15.3. The van der Waals surface area contributed by atoms with E-state index < -0.39 is 0 Å². The molecular formula is C36H50N+. The lowest BCUT2D eigenvalue weighted by molar-refractivity contribution is -0.966. The van der Waals surface area contributed by atoms with Crippen molar-refractivity contribution in [2.45, 2.75) is 97.2 Å². The van der Waals surface area contributed by atoms with Gasteiger partial charge in [0, 0.05) is 16.7 Å². The summed E-state index contributed by atoms with van der Waals surface area (Å²) in [7, 11) is 0. The molecule has 0 unspecified atom stereocenters. The Bertz CT molecular complexity index is 860. The van der Waals surface area contributed by atoms with E-state index in [1.54, 1.807) is 0 Å². The van der Waals surface area contributed by atoms with Gasteiger partial charge in [-0.1, -0.05) is 142 Å². The summed E-state index contributed by atoms with van der Waals surface area (Å²) in [6, 6.07) is 33.4. The molecule has 0 spiro atoms. The second-order valence-electron chi connectivity index (χ2n) is 10.9. The van der Waals surface area contributed by atoms with E-state index in [9.17, 15) is 0 Å². The van der Waals surface area contributed by atoms with Crippen molar-refractivity contribution >= 4 is 0 Å². The summed E-state index contributed by atoms with van der Waals surface area (Å²) in [6.07, 6.45) is 19.5. The summed E-state index contributed by atoms with van der Waals surface area (Å²) in [6.45, 7) is 6.73. The summed E-state index contributed by atoms with van der Waals surface area (Å²) < 4.78 is 1.08. The number of hydrogen-bond donors (Lipinski definition) is 0. The van der Waals surface area contributed by atoms with Crippen molar-refractivity contribution in [1.29, 1.82) is 0 Å². The Balaban J connectivity index is 1.55. The molecule has 0 saturated carbocycles. The molecule has 0 bridgehead atoms. The Morgan fingerprint density at radius 2 is 0.838 bits per heavy atom. The standard InChI is InChI=1S/C36H50N/c1-2-3-4-5-6-7-8-9-10-11-12-13-23-30-37(31-34-24-17-14-18-25-34,32-35-26-19-15-20-27-35)33-36-28-21-16-22-29-36/h6-7,14-22,24-29H,2-5,8-13,23,30-33H2,1H3/q+1/b7-6+. The summed E-state index contributed by atoms with van der Waals surface area (Å²) in [4.78, 5) is 0. The van der Waals surface area contributed by atoms with Gasteiger partial charge in [-0.3, -0.25) is 0 Å². The van der Waals surface area contributed by atoms with E-state index in [2.05, 4.69) is 110 Å². The van der Waals surface area contributed by atoms with Gasteiger partial charge in [0.15, 0.2) is 0 Å². The van der Waals surface area contributed by atoms with Gasteiger partial charge in [-0.2, -0.15) is 0 Å². The molecule has 3 aromatic rings. The van der Waals surface area contributed by atoms with Gasteiger partial charge in [-0.15, -0.1) is 0 Å². The predicted molar refractivity (Wildman–Crippen MR) is 161 cm³/mol. The van der Waals surface area contributed by atoms with Crippen molar-refractivity contribution in [1.82, 2.24) is 0 Å². The van der Waals surface area contributed by atoms with Crippen molar-refractivity contribution in [3.05, 3.63) is 120 Å². The average Bonchev–Trinajstić information content (AvgIpc) is 2.93. The third kappa shape index (κ3) is 12.0. The van der Waals surface area contributed by atoms with Crippen molar-refractivity contribution in [3.63, 3.8) is 0 Å². The lowest BCUT2D eigenvalue weighted by atomic mass is 10.0. The van der Waals surface area contributed by atoms with E-state index in [0.717, 1.165) is 24.1 Å². The summed E-state index contributed by atoms with van der Waals surface area (Å²) in [5, 5.41) is 0. The topological polar surface area (TPSA) is 0 Å². The Morgan fingerprint density at radius 3 is 1.27 bits per heavy atom. The molecule has 0 fully saturated rings. The molecule has 0 amide bonds. The predicted octanol–water partition coefficient (Wildman–Crippen LogP) is 10.3.